The summed E-state index contributed by atoms with van der Waals surface area (Å²) in [5, 5.41) is 3.08. The normalized spacial score (nSPS) is 12.2. The largest absolute Gasteiger partial charge is 0.416 e. The Kier molecular flexibility index (Phi) is 10.1. The fourth-order valence-corrected chi connectivity index (χ4v) is 4.07. The molecule has 1 N–H and O–H groups in total. The quantitative estimate of drug-likeness (QED) is 0.241. The van der Waals surface area contributed by atoms with Gasteiger partial charge in [0, 0.05) is 27.2 Å². The highest BCUT2D eigenvalue weighted by Crippen LogP contribution is 2.29. The van der Waals surface area contributed by atoms with Crippen LogP contribution in [0.5, 0.6) is 0 Å². The third-order valence-corrected chi connectivity index (χ3v) is 6.07. The number of halogens is 4. The summed E-state index contributed by atoms with van der Waals surface area (Å²) in [5.41, 5.74) is 0.0149. The van der Waals surface area contributed by atoms with E-state index in [0.29, 0.717) is 35.9 Å². The van der Waals surface area contributed by atoms with Gasteiger partial charge in [-0.3, -0.25) is 4.99 Å². The Bertz CT molecular complexity index is 919. The number of rotatable bonds is 7. The van der Waals surface area contributed by atoms with Gasteiger partial charge in [-0.15, -0.1) is 24.0 Å². The van der Waals surface area contributed by atoms with Crippen LogP contribution in [0.3, 0.4) is 0 Å². The highest BCUT2D eigenvalue weighted by atomic mass is 127. The number of hydrogen-bond acceptors (Lipinski definition) is 3. The molecule has 166 valence electrons. The monoisotopic (exact) mass is 555 g/mol. The van der Waals surface area contributed by atoms with Crippen LogP contribution < -0.4 is 5.32 Å². The topological polar surface area (TPSA) is 61.8 Å². The number of sulfone groups is 1. The zero-order chi connectivity index (χ0) is 21.5. The van der Waals surface area contributed by atoms with Crippen LogP contribution in [-0.4, -0.2) is 45.7 Å². The highest BCUT2D eigenvalue weighted by molar-refractivity contribution is 14.0. The van der Waals surface area contributed by atoms with Gasteiger partial charge in [0.2, 0.25) is 0 Å². The van der Waals surface area contributed by atoms with Gasteiger partial charge in [-0.25, -0.2) is 8.42 Å². The van der Waals surface area contributed by atoms with Gasteiger partial charge in [-0.1, -0.05) is 30.3 Å². The molecule has 10 heteroatoms. The predicted molar refractivity (Wildman–Crippen MR) is 123 cm³/mol. The number of nitrogens with one attached hydrogen (secondary N) is 1. The summed E-state index contributed by atoms with van der Waals surface area (Å²) in [4.78, 5) is 6.19. The minimum Gasteiger partial charge on any atom is -0.356 e. The molecule has 0 heterocycles. The summed E-state index contributed by atoms with van der Waals surface area (Å²) in [7, 11) is 0.0119. The van der Waals surface area contributed by atoms with Crippen molar-refractivity contribution in [3.63, 3.8) is 0 Å². The standard InChI is InChI=1S/C20H24F3N3O2S.HI/c1-24-19(25-13-6-14-29(27,28)18-7-4-3-5-8-18)26(2)15-16-9-11-17(12-10-16)20(21,22)23;/h3-5,7-12H,6,13-15H2,1-2H3,(H,24,25);1H. The van der Waals surface area contributed by atoms with Crippen LogP contribution in [0.1, 0.15) is 17.5 Å². The molecule has 30 heavy (non-hydrogen) atoms. The average Bonchev–Trinajstić information content (AvgIpc) is 2.68. The minimum absolute atomic E-state index is 0. The van der Waals surface area contributed by atoms with Crippen molar-refractivity contribution in [1.82, 2.24) is 10.2 Å². The van der Waals surface area contributed by atoms with Crippen LogP contribution in [0.15, 0.2) is 64.5 Å². The second-order valence-electron chi connectivity index (χ2n) is 6.51. The Hall–Kier alpha value is -1.82. The van der Waals surface area contributed by atoms with Crippen LogP contribution in [0.4, 0.5) is 13.2 Å². The van der Waals surface area contributed by atoms with Crippen molar-refractivity contribution in [2.45, 2.75) is 24.0 Å². The van der Waals surface area contributed by atoms with Gasteiger partial charge in [0.1, 0.15) is 0 Å². The Balaban J connectivity index is 0.00000450. The van der Waals surface area contributed by atoms with Crippen LogP contribution in [0.2, 0.25) is 0 Å². The predicted octanol–water partition coefficient (Wildman–Crippen LogP) is 4.19. The van der Waals surface area contributed by atoms with Crippen molar-refractivity contribution in [2.24, 2.45) is 4.99 Å². The van der Waals surface area contributed by atoms with E-state index < -0.39 is 21.6 Å². The maximum Gasteiger partial charge on any atom is 0.416 e. The zero-order valence-electron chi connectivity index (χ0n) is 16.7. The molecule has 0 spiro atoms. The van der Waals surface area contributed by atoms with Gasteiger partial charge >= 0.3 is 6.18 Å². The molecule has 0 fully saturated rings. The van der Waals surface area contributed by atoms with Gasteiger partial charge in [-0.05, 0) is 36.2 Å². The molecule has 0 aliphatic carbocycles. The molecule has 0 saturated carbocycles. The molecule has 0 aromatic heterocycles. The summed E-state index contributed by atoms with van der Waals surface area (Å²) in [6.45, 7) is 0.760. The Labute approximate surface area is 192 Å². The molecule has 2 rings (SSSR count). The lowest BCUT2D eigenvalue weighted by molar-refractivity contribution is -0.137. The van der Waals surface area contributed by atoms with Crippen molar-refractivity contribution in [3.8, 4) is 0 Å². The fraction of sp³-hybridized carbons (Fsp3) is 0.350. The SMILES string of the molecule is CN=C(NCCCS(=O)(=O)c1ccccc1)N(C)Cc1ccc(C(F)(F)F)cc1.I. The molecule has 5 nitrogen and oxygen atoms in total. The molecule has 0 bridgehead atoms. The Morgan fingerprint density at radius 2 is 1.67 bits per heavy atom. The van der Waals surface area contributed by atoms with Crippen molar-refractivity contribution >= 4 is 39.8 Å². The maximum atomic E-state index is 12.6. The van der Waals surface area contributed by atoms with E-state index in [1.807, 2.05) is 0 Å². The number of guanidine groups is 1. The smallest absolute Gasteiger partial charge is 0.356 e. The first-order valence-corrected chi connectivity index (χ1v) is 10.6. The Morgan fingerprint density at radius 1 is 1.07 bits per heavy atom. The van der Waals surface area contributed by atoms with Gasteiger partial charge in [0.05, 0.1) is 16.2 Å². The van der Waals surface area contributed by atoms with Gasteiger partial charge < -0.3 is 10.2 Å². The van der Waals surface area contributed by atoms with Crippen molar-refractivity contribution < 1.29 is 21.6 Å². The lowest BCUT2D eigenvalue weighted by Gasteiger charge is -2.22. The molecule has 2 aromatic rings. The van der Waals surface area contributed by atoms with E-state index in [0.717, 1.165) is 12.1 Å². The second-order valence-corrected chi connectivity index (χ2v) is 8.62. The second kappa shape index (κ2) is 11.5. The third kappa shape index (κ3) is 7.78. The summed E-state index contributed by atoms with van der Waals surface area (Å²) in [6.07, 6.45) is -3.97. The fourth-order valence-electron chi connectivity index (χ4n) is 2.74. The number of benzene rings is 2. The minimum atomic E-state index is -4.36. The number of alkyl halides is 3. The number of aliphatic imine (C=N–C) groups is 1. The third-order valence-electron chi connectivity index (χ3n) is 4.25. The molecule has 0 aliphatic rings. The molecule has 0 radical (unpaired) electrons. The van der Waals surface area contributed by atoms with Crippen LogP contribution in [-0.2, 0) is 22.6 Å². The number of nitrogens with zero attached hydrogens (tertiary/aromatic N) is 2. The summed E-state index contributed by atoms with van der Waals surface area (Å²) in [5.74, 6) is 0.533. The van der Waals surface area contributed by atoms with Gasteiger partial charge in [-0.2, -0.15) is 13.2 Å². The van der Waals surface area contributed by atoms with Crippen LogP contribution >= 0.6 is 24.0 Å². The van der Waals surface area contributed by atoms with Crippen LogP contribution in [0, 0.1) is 0 Å². The molecule has 0 saturated heterocycles. The molecule has 2 aromatic carbocycles. The van der Waals surface area contributed by atoms with E-state index >= 15 is 0 Å². The van der Waals surface area contributed by atoms with E-state index in [1.54, 1.807) is 49.3 Å². The lowest BCUT2D eigenvalue weighted by atomic mass is 10.1. The zero-order valence-corrected chi connectivity index (χ0v) is 19.8. The van der Waals surface area contributed by atoms with E-state index in [2.05, 4.69) is 10.3 Å². The first-order chi connectivity index (χ1) is 13.6. The molecule has 0 amide bonds. The van der Waals surface area contributed by atoms with E-state index in [9.17, 15) is 21.6 Å². The molecule has 0 aliphatic heterocycles. The van der Waals surface area contributed by atoms with Crippen molar-refractivity contribution in [3.05, 3.63) is 65.7 Å². The summed E-state index contributed by atoms with van der Waals surface area (Å²) < 4.78 is 62.5. The Morgan fingerprint density at radius 3 is 2.20 bits per heavy atom. The molecular weight excluding hydrogens is 530 g/mol. The molecule has 0 unspecified atom stereocenters. The first-order valence-electron chi connectivity index (χ1n) is 8.99. The first kappa shape index (κ1) is 26.2. The van der Waals surface area contributed by atoms with Gasteiger partial charge in [0.25, 0.3) is 0 Å². The molecular formula is C20H25F3IN3O2S. The highest BCUT2D eigenvalue weighted by Gasteiger charge is 2.29. The molecule has 0 atom stereocenters. The van der Waals surface area contributed by atoms with Crippen LogP contribution in [0.25, 0.3) is 0 Å². The van der Waals surface area contributed by atoms with Gasteiger partial charge in [0.15, 0.2) is 15.8 Å². The lowest BCUT2D eigenvalue weighted by Crippen LogP contribution is -2.39. The van der Waals surface area contributed by atoms with E-state index in [4.69, 9.17) is 0 Å². The summed E-state index contributed by atoms with van der Waals surface area (Å²) >= 11 is 0. The van der Waals surface area contributed by atoms with Crippen molar-refractivity contribution in [2.75, 3.05) is 26.4 Å². The van der Waals surface area contributed by atoms with Crippen molar-refractivity contribution in [1.29, 1.82) is 0 Å². The number of hydrogen-bond donors (Lipinski definition) is 1. The summed E-state index contributed by atoms with van der Waals surface area (Å²) in [6, 6.07) is 13.2. The van der Waals surface area contributed by atoms with E-state index in [1.165, 1.54) is 12.1 Å². The average molecular weight is 555 g/mol. The van der Waals surface area contributed by atoms with E-state index in [-0.39, 0.29) is 29.7 Å². The maximum absolute atomic E-state index is 12.6.